The molecule has 0 fully saturated rings. The fraction of sp³-hybridized carbons (Fsp3) is 0.250. The summed E-state index contributed by atoms with van der Waals surface area (Å²) in [5.41, 5.74) is 0. The summed E-state index contributed by atoms with van der Waals surface area (Å²) in [6.45, 7) is 1.58. The van der Waals surface area contributed by atoms with Crippen molar-refractivity contribution in [3.63, 3.8) is 0 Å². The van der Waals surface area contributed by atoms with Crippen LogP contribution in [0.5, 0.6) is 0 Å². The van der Waals surface area contributed by atoms with Gasteiger partial charge < -0.3 is 10.1 Å². The lowest BCUT2D eigenvalue weighted by atomic mass is 10.7. The van der Waals surface area contributed by atoms with Gasteiger partial charge in [0, 0.05) is 6.92 Å². The summed E-state index contributed by atoms with van der Waals surface area (Å²) < 4.78 is 0.903. The van der Waals surface area contributed by atoms with Crippen molar-refractivity contribution in [3.8, 4) is 0 Å². The molecule has 0 aliphatic carbocycles. The quantitative estimate of drug-likeness (QED) is 0.458. The molecule has 0 aliphatic heterocycles. The predicted octanol–water partition coefficient (Wildman–Crippen LogP) is 1.10. The van der Waals surface area contributed by atoms with Crippen LogP contribution in [-0.4, -0.2) is 14.0 Å². The molecule has 0 amide bonds. The minimum atomic E-state index is -0.590. The van der Waals surface area contributed by atoms with Gasteiger partial charge in [-0.2, -0.15) is 0 Å². The minimum absolute atomic E-state index is 0.209. The van der Waals surface area contributed by atoms with Gasteiger partial charge in [0.25, 0.3) is 0 Å². The molecule has 0 aliphatic rings. The molecule has 0 bridgehead atoms. The van der Waals surface area contributed by atoms with E-state index in [1.807, 2.05) is 0 Å². The Morgan fingerprint density at radius 2 is 2.50 bits per heavy atom. The number of hydrogen-bond acceptors (Lipinski definition) is 3. The third-order valence-corrected chi connectivity index (χ3v) is 1.46. The maximum Gasteiger partial charge on any atom is 0.360 e. The van der Waals surface area contributed by atoms with E-state index >= 15 is 0 Å². The number of imidazole rings is 1. The van der Waals surface area contributed by atoms with Gasteiger partial charge in [0.1, 0.15) is 18.0 Å². The van der Waals surface area contributed by atoms with Crippen LogP contribution in [0.4, 0.5) is 5.82 Å². The first-order valence-corrected chi connectivity index (χ1v) is 2.81. The highest BCUT2D eigenvalue weighted by Gasteiger charge is 2.14. The Morgan fingerprint density at radius 1 is 1.90 bits per heavy atom. The van der Waals surface area contributed by atoms with E-state index in [2.05, 4.69) is 4.98 Å². The zero-order valence-corrected chi connectivity index (χ0v) is 5.87. The van der Waals surface area contributed by atoms with Crippen molar-refractivity contribution in [2.24, 2.45) is 0 Å². The standard InChI is InChI=1S/C4H4ClN3O2/c1-3-6-2-4(7(3)5)8(9)10/h2H,1H3. The van der Waals surface area contributed by atoms with E-state index in [0.29, 0.717) is 5.82 Å². The molecule has 0 atom stereocenters. The molecule has 6 heteroatoms. The second kappa shape index (κ2) is 2.26. The first-order valence-electron chi connectivity index (χ1n) is 2.48. The van der Waals surface area contributed by atoms with Gasteiger partial charge in [-0.15, -0.1) is 4.09 Å². The van der Waals surface area contributed by atoms with Gasteiger partial charge in [-0.05, 0) is 4.92 Å². The van der Waals surface area contributed by atoms with E-state index in [-0.39, 0.29) is 5.82 Å². The van der Waals surface area contributed by atoms with Gasteiger partial charge in [0.15, 0.2) is 0 Å². The maximum absolute atomic E-state index is 10.1. The van der Waals surface area contributed by atoms with Gasteiger partial charge in [-0.25, -0.2) is 4.98 Å². The SMILES string of the molecule is Cc1ncc([N+](=O)[O-])n1Cl. The van der Waals surface area contributed by atoms with Crippen LogP contribution in [0.15, 0.2) is 6.20 Å². The van der Waals surface area contributed by atoms with Crippen molar-refractivity contribution < 1.29 is 4.92 Å². The Labute approximate surface area is 61.5 Å². The monoisotopic (exact) mass is 161 g/mol. The molecule has 0 radical (unpaired) electrons. The lowest BCUT2D eigenvalue weighted by molar-refractivity contribution is -0.390. The molecule has 1 rings (SSSR count). The molecule has 1 aromatic rings. The highest BCUT2D eigenvalue weighted by atomic mass is 35.5. The van der Waals surface area contributed by atoms with E-state index in [0.717, 1.165) is 10.3 Å². The van der Waals surface area contributed by atoms with Crippen molar-refractivity contribution in [2.75, 3.05) is 0 Å². The smallest absolute Gasteiger partial charge is 0.358 e. The molecular formula is C4H4ClN3O2. The van der Waals surface area contributed by atoms with Crippen LogP contribution in [0.25, 0.3) is 0 Å². The number of nitrogens with zero attached hydrogens (tertiary/aromatic N) is 3. The van der Waals surface area contributed by atoms with Crippen LogP contribution in [0.3, 0.4) is 0 Å². The second-order valence-electron chi connectivity index (χ2n) is 1.70. The van der Waals surface area contributed by atoms with E-state index in [9.17, 15) is 10.1 Å². The number of aromatic nitrogens is 2. The van der Waals surface area contributed by atoms with E-state index in [1.54, 1.807) is 6.92 Å². The van der Waals surface area contributed by atoms with Crippen molar-refractivity contribution >= 4 is 17.6 Å². The Hall–Kier alpha value is -1.10. The fourth-order valence-corrected chi connectivity index (χ4v) is 0.686. The van der Waals surface area contributed by atoms with E-state index < -0.39 is 4.92 Å². The van der Waals surface area contributed by atoms with Gasteiger partial charge in [-0.1, -0.05) is 0 Å². The third-order valence-electron chi connectivity index (χ3n) is 1.04. The molecule has 0 spiro atoms. The van der Waals surface area contributed by atoms with Crippen LogP contribution >= 0.6 is 11.8 Å². The van der Waals surface area contributed by atoms with Crippen molar-refractivity contribution in [3.05, 3.63) is 22.1 Å². The molecule has 54 valence electrons. The van der Waals surface area contributed by atoms with Crippen molar-refractivity contribution in [2.45, 2.75) is 6.92 Å². The summed E-state index contributed by atoms with van der Waals surface area (Å²) in [6, 6.07) is 0. The molecule has 10 heavy (non-hydrogen) atoms. The van der Waals surface area contributed by atoms with Crippen LogP contribution in [0.2, 0.25) is 0 Å². The van der Waals surface area contributed by atoms with Gasteiger partial charge in [0.2, 0.25) is 5.82 Å². The molecule has 5 nitrogen and oxygen atoms in total. The molecule has 0 aromatic carbocycles. The maximum atomic E-state index is 10.1. The molecule has 1 heterocycles. The molecular weight excluding hydrogens is 158 g/mol. The summed E-state index contributed by atoms with van der Waals surface area (Å²) in [6.07, 6.45) is 1.11. The average Bonchev–Trinajstić information content (AvgIpc) is 2.14. The number of hydrogen-bond donors (Lipinski definition) is 0. The van der Waals surface area contributed by atoms with Crippen LogP contribution in [0, 0.1) is 17.0 Å². The van der Waals surface area contributed by atoms with Crippen LogP contribution in [-0.2, 0) is 0 Å². The molecule has 0 saturated carbocycles. The fourth-order valence-electron chi connectivity index (χ4n) is 0.537. The second-order valence-corrected chi connectivity index (χ2v) is 2.04. The van der Waals surface area contributed by atoms with Gasteiger partial charge >= 0.3 is 5.82 Å². The molecule has 0 N–H and O–H groups in total. The topological polar surface area (TPSA) is 61.0 Å². The summed E-state index contributed by atoms with van der Waals surface area (Å²) in [4.78, 5) is 13.1. The summed E-state index contributed by atoms with van der Waals surface area (Å²) in [5.74, 6) is 0.201. The number of halogens is 1. The predicted molar refractivity (Wildman–Crippen MR) is 34.9 cm³/mol. The van der Waals surface area contributed by atoms with Crippen LogP contribution < -0.4 is 0 Å². The Balaban J connectivity index is 3.17. The van der Waals surface area contributed by atoms with Gasteiger partial charge in [-0.3, -0.25) is 0 Å². The number of aryl methyl sites for hydroxylation is 1. The zero-order valence-electron chi connectivity index (χ0n) is 5.11. The summed E-state index contributed by atoms with van der Waals surface area (Å²) in [7, 11) is 0. The van der Waals surface area contributed by atoms with E-state index in [4.69, 9.17) is 11.8 Å². The third kappa shape index (κ3) is 0.950. The normalized spacial score (nSPS) is 9.80. The van der Waals surface area contributed by atoms with Crippen molar-refractivity contribution in [1.29, 1.82) is 0 Å². The van der Waals surface area contributed by atoms with Crippen molar-refractivity contribution in [1.82, 2.24) is 9.07 Å². The first kappa shape index (κ1) is 7.01. The van der Waals surface area contributed by atoms with E-state index in [1.165, 1.54) is 0 Å². The minimum Gasteiger partial charge on any atom is -0.358 e. The Kier molecular flexibility index (Phi) is 1.58. The number of nitro groups is 1. The molecule has 1 aromatic heterocycles. The summed E-state index contributed by atoms with van der Waals surface area (Å²) in [5, 5.41) is 10.1. The first-order chi connectivity index (χ1) is 4.63. The highest BCUT2D eigenvalue weighted by molar-refractivity contribution is 6.16. The lowest BCUT2D eigenvalue weighted by Crippen LogP contribution is -1.93. The number of rotatable bonds is 1. The largest absolute Gasteiger partial charge is 0.360 e. The summed E-state index contributed by atoms with van der Waals surface area (Å²) >= 11 is 5.42. The van der Waals surface area contributed by atoms with Gasteiger partial charge in [0.05, 0.1) is 0 Å². The molecule has 0 saturated heterocycles. The zero-order chi connectivity index (χ0) is 7.72. The Bertz CT molecular complexity index is 269. The Morgan fingerprint density at radius 3 is 2.70 bits per heavy atom. The average molecular weight is 162 g/mol. The van der Waals surface area contributed by atoms with Crippen LogP contribution in [0.1, 0.15) is 5.82 Å². The highest BCUT2D eigenvalue weighted by Crippen LogP contribution is 2.13. The molecule has 0 unspecified atom stereocenters. The lowest BCUT2D eigenvalue weighted by Gasteiger charge is -1.88.